The normalized spacial score (nSPS) is 21.8. The number of amides is 1. The second-order valence-corrected chi connectivity index (χ2v) is 3.49. The summed E-state index contributed by atoms with van der Waals surface area (Å²) in [6, 6.07) is 7.20. The van der Waals surface area contributed by atoms with Crippen molar-refractivity contribution in [3.8, 4) is 0 Å². The number of carbonyl (C=O) groups is 2. The molecule has 1 aromatic carbocycles. The topological polar surface area (TPSA) is 60.2 Å². The van der Waals surface area contributed by atoms with Crippen LogP contribution in [-0.2, 0) is 4.79 Å². The van der Waals surface area contributed by atoms with Gasteiger partial charge in [0.05, 0.1) is 0 Å². The van der Waals surface area contributed by atoms with E-state index in [-0.39, 0.29) is 5.78 Å². The Kier molecular flexibility index (Phi) is 2.15. The van der Waals surface area contributed by atoms with Gasteiger partial charge < -0.3 is 5.73 Å². The average molecular weight is 201 g/mol. The van der Waals surface area contributed by atoms with E-state index in [2.05, 4.69) is 0 Å². The summed E-state index contributed by atoms with van der Waals surface area (Å²) in [6.45, 7) is 1.81. The third-order valence-electron chi connectivity index (χ3n) is 2.67. The van der Waals surface area contributed by atoms with Crippen molar-refractivity contribution in [1.82, 2.24) is 0 Å². The van der Waals surface area contributed by atoms with E-state index >= 15 is 0 Å². The van der Waals surface area contributed by atoms with Gasteiger partial charge in [-0.05, 0) is 18.1 Å². The average Bonchev–Trinajstić information content (AvgIpc) is 2.52. The van der Waals surface area contributed by atoms with Gasteiger partial charge in [-0.2, -0.15) is 0 Å². The smallest absolute Gasteiger partial charge is 0.232 e. The summed E-state index contributed by atoms with van der Waals surface area (Å²) in [4.78, 5) is 23.1. The van der Waals surface area contributed by atoms with Gasteiger partial charge in [0, 0.05) is 5.56 Å². The Bertz CT molecular complexity index is 474. The number of Topliss-reactive ketones (excluding diaryl/α,β-unsaturated/α-hetero) is 1. The number of hydrogen-bond donors (Lipinski definition) is 1. The fourth-order valence-corrected chi connectivity index (χ4v) is 2.01. The Morgan fingerprint density at radius 2 is 1.93 bits per heavy atom. The van der Waals surface area contributed by atoms with Crippen LogP contribution in [0, 0.1) is 5.92 Å². The molecule has 3 nitrogen and oxygen atoms in total. The predicted octanol–water partition coefficient (Wildman–Crippen LogP) is 1.39. The summed E-state index contributed by atoms with van der Waals surface area (Å²) < 4.78 is 0. The van der Waals surface area contributed by atoms with Crippen LogP contribution < -0.4 is 5.73 Å². The SMILES string of the molecule is C/C=C1\c2ccccc2C(=O)[C@@H]1C(N)=O. The molecule has 76 valence electrons. The lowest BCUT2D eigenvalue weighted by molar-refractivity contribution is -0.118. The molecule has 1 amide bonds. The maximum absolute atomic E-state index is 11.9. The zero-order valence-corrected chi connectivity index (χ0v) is 8.36. The van der Waals surface area contributed by atoms with Crippen LogP contribution in [0.2, 0.25) is 0 Å². The Balaban J connectivity index is 2.64. The molecule has 0 bridgehead atoms. The molecule has 0 saturated carbocycles. The van der Waals surface area contributed by atoms with Gasteiger partial charge in [0.15, 0.2) is 5.78 Å². The van der Waals surface area contributed by atoms with E-state index in [0.717, 1.165) is 11.1 Å². The third kappa shape index (κ3) is 1.28. The van der Waals surface area contributed by atoms with Gasteiger partial charge in [0.2, 0.25) is 5.91 Å². The summed E-state index contributed by atoms with van der Waals surface area (Å²) >= 11 is 0. The largest absolute Gasteiger partial charge is 0.369 e. The van der Waals surface area contributed by atoms with Gasteiger partial charge in [0.25, 0.3) is 0 Å². The van der Waals surface area contributed by atoms with Gasteiger partial charge in [0.1, 0.15) is 5.92 Å². The zero-order chi connectivity index (χ0) is 11.0. The highest BCUT2D eigenvalue weighted by molar-refractivity contribution is 6.24. The van der Waals surface area contributed by atoms with E-state index in [1.54, 1.807) is 25.1 Å². The number of hydrogen-bond acceptors (Lipinski definition) is 2. The fraction of sp³-hybridized carbons (Fsp3) is 0.167. The molecule has 0 spiro atoms. The summed E-state index contributed by atoms with van der Waals surface area (Å²) in [7, 11) is 0. The molecule has 1 aliphatic rings. The molecule has 0 aromatic heterocycles. The highest BCUT2D eigenvalue weighted by atomic mass is 16.2. The van der Waals surface area contributed by atoms with E-state index in [9.17, 15) is 9.59 Å². The van der Waals surface area contributed by atoms with E-state index in [0.29, 0.717) is 5.56 Å². The number of allylic oxidation sites excluding steroid dienone is 1. The highest BCUT2D eigenvalue weighted by Crippen LogP contribution is 2.36. The summed E-state index contributed by atoms with van der Waals surface area (Å²) in [5.74, 6) is -1.57. The van der Waals surface area contributed by atoms with Crippen molar-refractivity contribution >= 4 is 17.3 Å². The number of fused-ring (bicyclic) bond motifs is 1. The minimum absolute atomic E-state index is 0.189. The molecule has 1 aliphatic carbocycles. The monoisotopic (exact) mass is 201 g/mol. The van der Waals surface area contributed by atoms with Crippen LogP contribution in [-0.4, -0.2) is 11.7 Å². The van der Waals surface area contributed by atoms with Gasteiger partial charge in [-0.25, -0.2) is 0 Å². The van der Waals surface area contributed by atoms with Gasteiger partial charge >= 0.3 is 0 Å². The number of nitrogens with two attached hydrogens (primary N) is 1. The van der Waals surface area contributed by atoms with Crippen LogP contribution in [0.4, 0.5) is 0 Å². The number of ketones is 1. The summed E-state index contributed by atoms with van der Waals surface area (Å²) in [5, 5.41) is 0. The van der Waals surface area contributed by atoms with Crippen LogP contribution in [0.1, 0.15) is 22.8 Å². The molecule has 2 rings (SSSR count). The highest BCUT2D eigenvalue weighted by Gasteiger charge is 2.37. The lowest BCUT2D eigenvalue weighted by Gasteiger charge is -2.05. The van der Waals surface area contributed by atoms with Gasteiger partial charge in [-0.1, -0.05) is 30.3 Å². The molecule has 0 saturated heterocycles. The van der Waals surface area contributed by atoms with Crippen molar-refractivity contribution in [2.45, 2.75) is 6.92 Å². The third-order valence-corrected chi connectivity index (χ3v) is 2.67. The molecule has 0 radical (unpaired) electrons. The molecule has 0 unspecified atom stereocenters. The zero-order valence-electron chi connectivity index (χ0n) is 8.36. The number of rotatable bonds is 1. The Hall–Kier alpha value is -1.90. The van der Waals surface area contributed by atoms with Crippen LogP contribution in [0.15, 0.2) is 30.3 Å². The van der Waals surface area contributed by atoms with Gasteiger partial charge in [-0.3, -0.25) is 9.59 Å². The van der Waals surface area contributed by atoms with Crippen molar-refractivity contribution in [2.75, 3.05) is 0 Å². The fourth-order valence-electron chi connectivity index (χ4n) is 2.01. The van der Waals surface area contributed by atoms with Gasteiger partial charge in [-0.15, -0.1) is 0 Å². The van der Waals surface area contributed by atoms with E-state index < -0.39 is 11.8 Å². The first kappa shape index (κ1) is 9.65. The second-order valence-electron chi connectivity index (χ2n) is 3.49. The molecular formula is C12H11NO2. The van der Waals surface area contributed by atoms with Crippen molar-refractivity contribution in [3.63, 3.8) is 0 Å². The van der Waals surface area contributed by atoms with Crippen molar-refractivity contribution in [1.29, 1.82) is 0 Å². The molecule has 0 fully saturated rings. The van der Waals surface area contributed by atoms with Crippen molar-refractivity contribution in [3.05, 3.63) is 41.5 Å². The van der Waals surface area contributed by atoms with Crippen LogP contribution in [0.25, 0.3) is 5.57 Å². The lowest BCUT2D eigenvalue weighted by atomic mass is 9.98. The molecule has 1 aromatic rings. The Labute approximate surface area is 87.6 Å². The standard InChI is InChI=1S/C12H11NO2/c1-2-7-8-5-3-4-6-9(8)11(14)10(7)12(13)15/h2-6,10H,1H3,(H2,13,15)/b7-2+/t10-/m1/s1. The predicted molar refractivity (Wildman–Crippen MR) is 57.1 cm³/mol. The molecule has 0 aliphatic heterocycles. The van der Waals surface area contributed by atoms with Crippen LogP contribution in [0.5, 0.6) is 0 Å². The minimum atomic E-state index is -0.799. The molecule has 15 heavy (non-hydrogen) atoms. The number of primary amides is 1. The first-order valence-electron chi connectivity index (χ1n) is 4.76. The van der Waals surface area contributed by atoms with E-state index in [1.807, 2.05) is 12.1 Å². The summed E-state index contributed by atoms with van der Waals surface area (Å²) in [5.41, 5.74) is 7.38. The molecule has 2 N–H and O–H groups in total. The molecule has 3 heteroatoms. The van der Waals surface area contributed by atoms with Crippen LogP contribution in [0.3, 0.4) is 0 Å². The second kappa shape index (κ2) is 3.35. The Morgan fingerprint density at radius 3 is 2.47 bits per heavy atom. The summed E-state index contributed by atoms with van der Waals surface area (Å²) in [6.07, 6.45) is 1.78. The first-order valence-corrected chi connectivity index (χ1v) is 4.76. The minimum Gasteiger partial charge on any atom is -0.369 e. The lowest BCUT2D eigenvalue weighted by Crippen LogP contribution is -2.27. The number of benzene rings is 1. The number of carbonyl (C=O) groups excluding carboxylic acids is 2. The molecule has 0 heterocycles. The van der Waals surface area contributed by atoms with Crippen molar-refractivity contribution in [2.24, 2.45) is 11.7 Å². The van der Waals surface area contributed by atoms with E-state index in [1.165, 1.54) is 0 Å². The molecule has 1 atom stereocenters. The Morgan fingerprint density at radius 1 is 1.33 bits per heavy atom. The van der Waals surface area contributed by atoms with Crippen LogP contribution >= 0.6 is 0 Å². The maximum atomic E-state index is 11.9. The quantitative estimate of drug-likeness (QED) is 0.698. The van der Waals surface area contributed by atoms with Crippen molar-refractivity contribution < 1.29 is 9.59 Å². The molecular weight excluding hydrogens is 190 g/mol. The van der Waals surface area contributed by atoms with E-state index in [4.69, 9.17) is 5.73 Å². The first-order chi connectivity index (χ1) is 7.16. The maximum Gasteiger partial charge on any atom is 0.232 e.